The van der Waals surface area contributed by atoms with Gasteiger partial charge in [0, 0.05) is 25.4 Å². The number of benzene rings is 1. The molecule has 20 heavy (non-hydrogen) atoms. The molecule has 1 amide bonds. The number of halogens is 1. The number of hydrogen-bond donors (Lipinski definition) is 2. The van der Waals surface area contributed by atoms with Crippen LogP contribution in [0.25, 0.3) is 0 Å². The molecular formula is C14H16FN3O2. The van der Waals surface area contributed by atoms with Gasteiger partial charge in [-0.25, -0.2) is 9.37 Å². The Bertz CT molecular complexity index is 526. The third kappa shape index (κ3) is 4.72. The van der Waals surface area contributed by atoms with Gasteiger partial charge in [0.25, 0.3) is 0 Å². The Balaban J connectivity index is 1.59. The number of aromatic nitrogens is 2. The fourth-order valence-corrected chi connectivity index (χ4v) is 1.64. The highest BCUT2D eigenvalue weighted by Crippen LogP contribution is 2.10. The minimum Gasteiger partial charge on any atom is -0.493 e. The molecule has 0 bridgehead atoms. The van der Waals surface area contributed by atoms with Crippen LogP contribution in [-0.4, -0.2) is 29.0 Å². The van der Waals surface area contributed by atoms with Crippen LogP contribution >= 0.6 is 0 Å². The molecule has 0 spiro atoms. The molecule has 2 rings (SSSR count). The fraction of sp³-hybridized carbons (Fsp3) is 0.286. The number of carbonyl (C=O) groups excluding carboxylic acids is 1. The first-order valence-electron chi connectivity index (χ1n) is 6.37. The van der Waals surface area contributed by atoms with Gasteiger partial charge in [0.1, 0.15) is 17.4 Å². The SMILES string of the molecule is O=C(CCOc1ccc(F)cc1)NCCc1ncc[nH]1. The van der Waals surface area contributed by atoms with Gasteiger partial charge in [-0.1, -0.05) is 0 Å². The van der Waals surface area contributed by atoms with Gasteiger partial charge in [-0.2, -0.15) is 0 Å². The van der Waals surface area contributed by atoms with Crippen molar-refractivity contribution in [1.82, 2.24) is 15.3 Å². The third-order valence-corrected chi connectivity index (χ3v) is 2.65. The Morgan fingerprint density at radius 3 is 2.85 bits per heavy atom. The van der Waals surface area contributed by atoms with Crippen LogP contribution in [0.2, 0.25) is 0 Å². The molecule has 0 aliphatic carbocycles. The first-order chi connectivity index (χ1) is 9.74. The molecule has 6 heteroatoms. The monoisotopic (exact) mass is 277 g/mol. The van der Waals surface area contributed by atoms with Crippen molar-refractivity contribution in [2.75, 3.05) is 13.2 Å². The summed E-state index contributed by atoms with van der Waals surface area (Å²) in [6, 6.07) is 5.70. The lowest BCUT2D eigenvalue weighted by molar-refractivity contribution is -0.121. The van der Waals surface area contributed by atoms with Crippen molar-refractivity contribution >= 4 is 5.91 Å². The molecule has 0 saturated heterocycles. The summed E-state index contributed by atoms with van der Waals surface area (Å²) in [6.45, 7) is 0.793. The molecule has 0 unspecified atom stereocenters. The van der Waals surface area contributed by atoms with Gasteiger partial charge in [-0.3, -0.25) is 4.79 Å². The highest BCUT2D eigenvalue weighted by atomic mass is 19.1. The largest absolute Gasteiger partial charge is 0.493 e. The van der Waals surface area contributed by atoms with Crippen LogP contribution in [-0.2, 0) is 11.2 Å². The van der Waals surface area contributed by atoms with E-state index in [4.69, 9.17) is 4.74 Å². The van der Waals surface area contributed by atoms with E-state index in [2.05, 4.69) is 15.3 Å². The van der Waals surface area contributed by atoms with Crippen LogP contribution in [0, 0.1) is 5.82 Å². The van der Waals surface area contributed by atoms with E-state index in [9.17, 15) is 9.18 Å². The van der Waals surface area contributed by atoms with Crippen molar-refractivity contribution in [1.29, 1.82) is 0 Å². The van der Waals surface area contributed by atoms with Crippen molar-refractivity contribution < 1.29 is 13.9 Å². The Morgan fingerprint density at radius 1 is 1.35 bits per heavy atom. The maximum Gasteiger partial charge on any atom is 0.223 e. The maximum atomic E-state index is 12.7. The smallest absolute Gasteiger partial charge is 0.223 e. The highest BCUT2D eigenvalue weighted by molar-refractivity contribution is 5.75. The molecular weight excluding hydrogens is 261 g/mol. The number of rotatable bonds is 7. The quantitative estimate of drug-likeness (QED) is 0.809. The summed E-state index contributed by atoms with van der Waals surface area (Å²) in [5.41, 5.74) is 0. The van der Waals surface area contributed by atoms with Crippen LogP contribution in [0.5, 0.6) is 5.75 Å². The average molecular weight is 277 g/mol. The second-order valence-electron chi connectivity index (χ2n) is 4.19. The van der Waals surface area contributed by atoms with E-state index in [1.165, 1.54) is 24.3 Å². The number of aromatic amines is 1. The van der Waals surface area contributed by atoms with Crippen LogP contribution < -0.4 is 10.1 Å². The molecule has 5 nitrogen and oxygen atoms in total. The molecule has 0 aliphatic heterocycles. The highest BCUT2D eigenvalue weighted by Gasteiger charge is 2.02. The standard InChI is InChI=1S/C14H16FN3O2/c15-11-1-3-12(4-2-11)20-10-6-14(19)18-7-5-13-16-8-9-17-13/h1-4,8-9H,5-7,10H2,(H,16,17)(H,18,19). The average Bonchev–Trinajstić information content (AvgIpc) is 2.94. The Kier molecular flexibility index (Phi) is 5.11. The number of hydrogen-bond acceptors (Lipinski definition) is 3. The minimum absolute atomic E-state index is 0.0846. The fourth-order valence-electron chi connectivity index (χ4n) is 1.64. The lowest BCUT2D eigenvalue weighted by Crippen LogP contribution is -2.27. The van der Waals surface area contributed by atoms with E-state index in [0.717, 1.165) is 5.82 Å². The maximum absolute atomic E-state index is 12.7. The predicted molar refractivity (Wildman–Crippen MR) is 71.8 cm³/mol. The normalized spacial score (nSPS) is 10.2. The van der Waals surface area contributed by atoms with Crippen LogP contribution in [0.1, 0.15) is 12.2 Å². The Labute approximate surface area is 116 Å². The third-order valence-electron chi connectivity index (χ3n) is 2.65. The molecule has 106 valence electrons. The van der Waals surface area contributed by atoms with Crippen molar-refractivity contribution in [2.24, 2.45) is 0 Å². The Morgan fingerprint density at radius 2 is 2.15 bits per heavy atom. The van der Waals surface area contributed by atoms with E-state index < -0.39 is 0 Å². The molecule has 1 aromatic carbocycles. The molecule has 2 N–H and O–H groups in total. The second kappa shape index (κ2) is 7.28. The second-order valence-corrected chi connectivity index (χ2v) is 4.19. The van der Waals surface area contributed by atoms with Gasteiger partial charge in [0.05, 0.1) is 13.0 Å². The number of nitrogens with zero attached hydrogens (tertiary/aromatic N) is 1. The summed E-state index contributed by atoms with van der Waals surface area (Å²) >= 11 is 0. The first-order valence-corrected chi connectivity index (χ1v) is 6.37. The summed E-state index contributed by atoms with van der Waals surface area (Å²) in [7, 11) is 0. The topological polar surface area (TPSA) is 67.0 Å². The van der Waals surface area contributed by atoms with Gasteiger partial charge >= 0.3 is 0 Å². The summed E-state index contributed by atoms with van der Waals surface area (Å²) in [5, 5.41) is 2.78. The summed E-state index contributed by atoms with van der Waals surface area (Å²) < 4.78 is 18.0. The van der Waals surface area contributed by atoms with Gasteiger partial charge in [0.15, 0.2) is 0 Å². The molecule has 0 atom stereocenters. The van der Waals surface area contributed by atoms with Crippen molar-refractivity contribution in [2.45, 2.75) is 12.8 Å². The van der Waals surface area contributed by atoms with Crippen LogP contribution in [0.4, 0.5) is 4.39 Å². The van der Waals surface area contributed by atoms with Crippen molar-refractivity contribution in [3.8, 4) is 5.75 Å². The first kappa shape index (κ1) is 14.0. The van der Waals surface area contributed by atoms with Gasteiger partial charge in [-0.05, 0) is 24.3 Å². The zero-order chi connectivity index (χ0) is 14.2. The van der Waals surface area contributed by atoms with E-state index in [-0.39, 0.29) is 24.8 Å². The van der Waals surface area contributed by atoms with Crippen LogP contribution in [0.3, 0.4) is 0 Å². The summed E-state index contributed by atoms with van der Waals surface area (Å²) in [5.74, 6) is 0.995. The summed E-state index contributed by atoms with van der Waals surface area (Å²) in [4.78, 5) is 18.6. The summed E-state index contributed by atoms with van der Waals surface area (Å²) in [6.07, 6.45) is 4.34. The van der Waals surface area contributed by atoms with E-state index >= 15 is 0 Å². The molecule has 0 fully saturated rings. The molecule has 1 aromatic heterocycles. The lowest BCUT2D eigenvalue weighted by atomic mass is 10.3. The zero-order valence-corrected chi connectivity index (χ0v) is 10.9. The van der Waals surface area contributed by atoms with E-state index in [1.807, 2.05) is 0 Å². The number of nitrogens with one attached hydrogen (secondary N) is 2. The zero-order valence-electron chi connectivity index (χ0n) is 10.9. The predicted octanol–water partition coefficient (Wildman–Crippen LogP) is 1.68. The molecule has 0 aliphatic rings. The number of H-pyrrole nitrogens is 1. The van der Waals surface area contributed by atoms with E-state index in [1.54, 1.807) is 12.4 Å². The Hall–Kier alpha value is -2.37. The van der Waals surface area contributed by atoms with Gasteiger partial charge < -0.3 is 15.0 Å². The molecule has 1 heterocycles. The number of ether oxygens (including phenoxy) is 1. The molecule has 0 radical (unpaired) electrons. The molecule has 2 aromatic rings. The van der Waals surface area contributed by atoms with Gasteiger partial charge in [-0.15, -0.1) is 0 Å². The van der Waals surface area contributed by atoms with Crippen molar-refractivity contribution in [3.05, 3.63) is 48.3 Å². The lowest BCUT2D eigenvalue weighted by Gasteiger charge is -2.06. The number of amides is 1. The minimum atomic E-state index is -0.312. The number of carbonyl (C=O) groups is 1. The molecule has 0 saturated carbocycles. The van der Waals surface area contributed by atoms with Crippen LogP contribution in [0.15, 0.2) is 36.7 Å². The number of imidazole rings is 1. The van der Waals surface area contributed by atoms with E-state index in [0.29, 0.717) is 18.7 Å². The van der Waals surface area contributed by atoms with Gasteiger partial charge in [0.2, 0.25) is 5.91 Å². The van der Waals surface area contributed by atoms with Crippen molar-refractivity contribution in [3.63, 3.8) is 0 Å².